The van der Waals surface area contributed by atoms with Crippen LogP contribution in [-0.4, -0.2) is 35.1 Å². The first kappa shape index (κ1) is 13.3. The molecule has 0 amide bonds. The van der Waals surface area contributed by atoms with Crippen molar-refractivity contribution in [3.63, 3.8) is 0 Å². The molecule has 0 aliphatic carbocycles. The summed E-state index contributed by atoms with van der Waals surface area (Å²) in [4.78, 5) is 8.32. The Morgan fingerprint density at radius 1 is 1.32 bits per heavy atom. The van der Waals surface area contributed by atoms with Gasteiger partial charge in [-0.25, -0.2) is 4.98 Å². The fourth-order valence-electron chi connectivity index (χ4n) is 4.31. The van der Waals surface area contributed by atoms with E-state index in [1.54, 1.807) is 11.3 Å². The minimum atomic E-state index is -0.0163. The molecule has 3 nitrogen and oxygen atoms in total. The monoisotopic (exact) mass is 332 g/mol. The van der Waals surface area contributed by atoms with E-state index in [1.807, 2.05) is 12.3 Å². The normalized spacial score (nSPS) is 32.2. The summed E-state index contributed by atoms with van der Waals surface area (Å²) < 4.78 is 7.21. The van der Waals surface area contributed by atoms with Crippen LogP contribution < -0.4 is 4.74 Å². The lowest BCUT2D eigenvalue weighted by atomic mass is 9.73. The van der Waals surface area contributed by atoms with Gasteiger partial charge in [-0.3, -0.25) is 4.90 Å². The van der Waals surface area contributed by atoms with Gasteiger partial charge in [0.15, 0.2) is 0 Å². The molecule has 6 heterocycles. The van der Waals surface area contributed by atoms with Gasteiger partial charge in [0.25, 0.3) is 0 Å². The van der Waals surface area contributed by atoms with E-state index in [0.29, 0.717) is 5.92 Å². The van der Waals surface area contributed by atoms with Gasteiger partial charge in [-0.15, -0.1) is 11.3 Å². The fraction of sp³-hybridized carbons (Fsp3) is 0.471. The van der Waals surface area contributed by atoms with Crippen molar-refractivity contribution in [2.45, 2.75) is 24.9 Å². The van der Waals surface area contributed by atoms with Crippen molar-refractivity contribution >= 4 is 22.9 Å². The molecule has 0 aromatic carbocycles. The summed E-state index contributed by atoms with van der Waals surface area (Å²) in [5.41, 5.74) is 2.39. The Morgan fingerprint density at radius 3 is 2.86 bits per heavy atom. The van der Waals surface area contributed by atoms with E-state index in [1.165, 1.54) is 36.4 Å². The number of halogens is 1. The zero-order valence-electron chi connectivity index (χ0n) is 12.2. The molecule has 0 unspecified atom stereocenters. The number of rotatable bonds is 1. The topological polar surface area (TPSA) is 25.4 Å². The molecule has 0 radical (unpaired) electrons. The lowest BCUT2D eigenvalue weighted by molar-refractivity contribution is -0.0814. The molecule has 0 saturated carbocycles. The first-order chi connectivity index (χ1) is 10.7. The molecule has 6 rings (SSSR count). The molecule has 2 aromatic heterocycles. The molecule has 3 fully saturated rings. The second-order valence-corrected chi connectivity index (χ2v) is 8.40. The average Bonchev–Trinajstić information content (AvgIpc) is 3.11. The van der Waals surface area contributed by atoms with Crippen LogP contribution in [0.4, 0.5) is 0 Å². The van der Waals surface area contributed by atoms with Crippen LogP contribution in [0.5, 0.6) is 5.88 Å². The number of thiophene rings is 1. The van der Waals surface area contributed by atoms with Gasteiger partial charge in [-0.1, -0.05) is 11.6 Å². The Hall–Kier alpha value is -1.10. The molecule has 3 saturated heterocycles. The largest absolute Gasteiger partial charge is 0.469 e. The summed E-state index contributed by atoms with van der Waals surface area (Å²) >= 11 is 7.66. The Bertz CT molecular complexity index is 738. The fourth-order valence-corrected chi connectivity index (χ4v) is 5.34. The van der Waals surface area contributed by atoms with Crippen LogP contribution in [-0.2, 0) is 6.42 Å². The van der Waals surface area contributed by atoms with E-state index in [2.05, 4.69) is 22.0 Å². The molecule has 1 spiro atoms. The predicted molar refractivity (Wildman–Crippen MR) is 88.8 cm³/mol. The molecule has 22 heavy (non-hydrogen) atoms. The predicted octanol–water partition coefficient (Wildman–Crippen LogP) is 3.86. The van der Waals surface area contributed by atoms with Crippen molar-refractivity contribution in [1.82, 2.24) is 9.88 Å². The third-order valence-corrected chi connectivity index (χ3v) is 6.68. The summed E-state index contributed by atoms with van der Waals surface area (Å²) in [5.74, 6) is 1.53. The molecule has 2 bridgehead atoms. The molecule has 4 aliphatic heterocycles. The van der Waals surface area contributed by atoms with Gasteiger partial charge >= 0.3 is 0 Å². The number of aromatic nitrogens is 1. The van der Waals surface area contributed by atoms with Crippen LogP contribution in [0, 0.1) is 5.92 Å². The van der Waals surface area contributed by atoms with E-state index in [4.69, 9.17) is 16.3 Å². The van der Waals surface area contributed by atoms with E-state index < -0.39 is 0 Å². The van der Waals surface area contributed by atoms with E-state index >= 15 is 0 Å². The maximum atomic E-state index is 6.39. The van der Waals surface area contributed by atoms with Gasteiger partial charge in [-0.05, 0) is 44.1 Å². The van der Waals surface area contributed by atoms with Gasteiger partial charge in [0, 0.05) is 41.1 Å². The molecular weight excluding hydrogens is 316 g/mol. The SMILES string of the molecule is Clc1ccc(-c2cnc3c(c2)C[C@@]2(CN4CCC2CC4)O3)s1. The smallest absolute Gasteiger partial charge is 0.217 e. The highest BCUT2D eigenvalue weighted by molar-refractivity contribution is 7.19. The molecule has 114 valence electrons. The van der Waals surface area contributed by atoms with Gasteiger partial charge < -0.3 is 4.74 Å². The number of pyridine rings is 1. The lowest BCUT2D eigenvalue weighted by Crippen LogP contribution is -2.61. The summed E-state index contributed by atoms with van der Waals surface area (Å²) in [7, 11) is 0. The first-order valence-electron chi connectivity index (χ1n) is 7.88. The van der Waals surface area contributed by atoms with Crippen LogP contribution >= 0.6 is 22.9 Å². The molecule has 4 aliphatic rings. The van der Waals surface area contributed by atoms with Crippen molar-refractivity contribution in [3.8, 4) is 16.3 Å². The minimum absolute atomic E-state index is 0.0163. The Kier molecular flexibility index (Phi) is 2.85. The highest BCUT2D eigenvalue weighted by Crippen LogP contribution is 2.46. The Morgan fingerprint density at radius 2 is 2.18 bits per heavy atom. The molecular formula is C17H17ClN2OS. The first-order valence-corrected chi connectivity index (χ1v) is 9.07. The van der Waals surface area contributed by atoms with E-state index in [0.717, 1.165) is 28.7 Å². The molecule has 2 aromatic rings. The maximum Gasteiger partial charge on any atom is 0.217 e. The van der Waals surface area contributed by atoms with Crippen LogP contribution in [0.2, 0.25) is 4.34 Å². The average molecular weight is 333 g/mol. The molecule has 1 atom stereocenters. The quantitative estimate of drug-likeness (QED) is 0.793. The van der Waals surface area contributed by atoms with Crippen LogP contribution in [0.15, 0.2) is 24.4 Å². The Balaban J connectivity index is 1.49. The zero-order chi connectivity index (χ0) is 14.7. The van der Waals surface area contributed by atoms with E-state index in [9.17, 15) is 0 Å². The number of nitrogens with zero attached hydrogens (tertiary/aromatic N) is 2. The number of hydrogen-bond acceptors (Lipinski definition) is 4. The number of hydrogen-bond donors (Lipinski definition) is 0. The summed E-state index contributed by atoms with van der Waals surface area (Å²) in [6.45, 7) is 3.53. The third kappa shape index (κ3) is 1.94. The van der Waals surface area contributed by atoms with Gasteiger partial charge in [-0.2, -0.15) is 0 Å². The highest BCUT2D eigenvalue weighted by atomic mass is 35.5. The van der Waals surface area contributed by atoms with Gasteiger partial charge in [0.2, 0.25) is 5.88 Å². The second kappa shape index (κ2) is 4.70. The maximum absolute atomic E-state index is 6.39. The van der Waals surface area contributed by atoms with E-state index in [-0.39, 0.29) is 5.60 Å². The van der Waals surface area contributed by atoms with Gasteiger partial charge in [0.1, 0.15) is 5.60 Å². The zero-order valence-corrected chi connectivity index (χ0v) is 13.8. The number of piperidine rings is 3. The minimum Gasteiger partial charge on any atom is -0.469 e. The lowest BCUT2D eigenvalue weighted by Gasteiger charge is -2.50. The van der Waals surface area contributed by atoms with Crippen LogP contribution in [0.25, 0.3) is 10.4 Å². The second-order valence-electron chi connectivity index (χ2n) is 6.69. The van der Waals surface area contributed by atoms with Crippen LogP contribution in [0.3, 0.4) is 0 Å². The van der Waals surface area contributed by atoms with Crippen molar-refractivity contribution in [2.75, 3.05) is 19.6 Å². The van der Waals surface area contributed by atoms with Gasteiger partial charge in [0.05, 0.1) is 4.34 Å². The van der Waals surface area contributed by atoms with Crippen LogP contribution in [0.1, 0.15) is 18.4 Å². The number of ether oxygens (including phenoxy) is 1. The standard InChI is InChI=1S/C17H17ClN2OS/c18-15-2-1-14(22-15)12-7-11-8-17(21-16(11)19-9-12)10-20-5-3-13(17)4-6-20/h1-2,7,9,13H,3-6,8,10H2/t17-/m0/s1. The number of fused-ring (bicyclic) bond motifs is 3. The van der Waals surface area contributed by atoms with Crippen molar-refractivity contribution in [2.24, 2.45) is 5.92 Å². The van der Waals surface area contributed by atoms with Crippen molar-refractivity contribution in [1.29, 1.82) is 0 Å². The third-order valence-electron chi connectivity index (χ3n) is 5.40. The summed E-state index contributed by atoms with van der Waals surface area (Å²) in [6.07, 6.45) is 5.45. The van der Waals surface area contributed by atoms with Crippen molar-refractivity contribution in [3.05, 3.63) is 34.3 Å². The van der Waals surface area contributed by atoms with Crippen molar-refractivity contribution < 1.29 is 4.74 Å². The highest BCUT2D eigenvalue weighted by Gasteiger charge is 2.52. The molecule has 0 N–H and O–H groups in total. The summed E-state index contributed by atoms with van der Waals surface area (Å²) in [6, 6.07) is 6.26. The molecule has 5 heteroatoms. The summed E-state index contributed by atoms with van der Waals surface area (Å²) in [5, 5.41) is 0. The Labute approximate surface area is 138 Å².